The first kappa shape index (κ1) is 13.0. The third-order valence-electron chi connectivity index (χ3n) is 2.41. The van der Waals surface area contributed by atoms with E-state index in [4.69, 9.17) is 16.9 Å². The molecule has 0 aliphatic heterocycles. The van der Waals surface area contributed by atoms with Crippen LogP contribution in [0.1, 0.15) is 31.9 Å². The molecule has 86 valence electrons. The fraction of sp³-hybridized carbons (Fsp3) is 0.417. The first-order valence-electron chi connectivity index (χ1n) is 5.18. The molecule has 0 bridgehead atoms. The Morgan fingerprint density at radius 2 is 2.19 bits per heavy atom. The Balaban J connectivity index is 2.91. The average molecular weight is 241 g/mol. The van der Waals surface area contributed by atoms with Crippen molar-refractivity contribution in [3.8, 4) is 6.07 Å². The Morgan fingerprint density at radius 1 is 1.50 bits per heavy atom. The number of rotatable bonds is 4. The number of nitrogens with one attached hydrogen (secondary N) is 1. The zero-order valence-corrected chi connectivity index (χ0v) is 10.1. The van der Waals surface area contributed by atoms with Crippen molar-refractivity contribution in [2.45, 2.75) is 32.4 Å². The Morgan fingerprint density at radius 3 is 2.69 bits per heavy atom. The SMILES string of the molecule is CCC(C)NC(C#N)c1cc(F)cc(Cl)c1. The fourth-order valence-corrected chi connectivity index (χ4v) is 1.58. The molecule has 1 aromatic carbocycles. The number of benzene rings is 1. The maximum absolute atomic E-state index is 13.1. The van der Waals surface area contributed by atoms with Gasteiger partial charge in [-0.25, -0.2) is 4.39 Å². The Hall–Kier alpha value is -1.11. The van der Waals surface area contributed by atoms with Crippen molar-refractivity contribution in [3.05, 3.63) is 34.6 Å². The van der Waals surface area contributed by atoms with E-state index in [9.17, 15) is 4.39 Å². The van der Waals surface area contributed by atoms with Crippen molar-refractivity contribution in [2.24, 2.45) is 0 Å². The highest BCUT2D eigenvalue weighted by atomic mass is 35.5. The Bertz CT molecular complexity index is 380. The van der Waals surface area contributed by atoms with E-state index in [-0.39, 0.29) is 6.04 Å². The van der Waals surface area contributed by atoms with Crippen LogP contribution < -0.4 is 5.32 Å². The summed E-state index contributed by atoms with van der Waals surface area (Å²) in [6.45, 7) is 4.00. The van der Waals surface area contributed by atoms with Crippen LogP contribution in [-0.2, 0) is 0 Å². The van der Waals surface area contributed by atoms with E-state index in [0.29, 0.717) is 10.6 Å². The fourth-order valence-electron chi connectivity index (χ4n) is 1.35. The van der Waals surface area contributed by atoms with Gasteiger partial charge in [-0.1, -0.05) is 18.5 Å². The van der Waals surface area contributed by atoms with Gasteiger partial charge in [-0.15, -0.1) is 0 Å². The van der Waals surface area contributed by atoms with Crippen molar-refractivity contribution >= 4 is 11.6 Å². The molecule has 2 unspecified atom stereocenters. The summed E-state index contributed by atoms with van der Waals surface area (Å²) >= 11 is 5.74. The van der Waals surface area contributed by atoms with Crippen LogP contribution in [0.5, 0.6) is 0 Å². The van der Waals surface area contributed by atoms with E-state index >= 15 is 0 Å². The normalized spacial score (nSPS) is 14.2. The molecule has 16 heavy (non-hydrogen) atoms. The first-order chi connectivity index (χ1) is 7.56. The molecule has 0 aliphatic carbocycles. The lowest BCUT2D eigenvalue weighted by molar-refractivity contribution is 0.499. The summed E-state index contributed by atoms with van der Waals surface area (Å²) in [6.07, 6.45) is 0.904. The zero-order valence-electron chi connectivity index (χ0n) is 9.30. The van der Waals surface area contributed by atoms with E-state index in [2.05, 4.69) is 11.4 Å². The maximum Gasteiger partial charge on any atom is 0.125 e. The van der Waals surface area contributed by atoms with Crippen molar-refractivity contribution in [1.29, 1.82) is 5.26 Å². The number of nitrogens with zero attached hydrogens (tertiary/aromatic N) is 1. The summed E-state index contributed by atoms with van der Waals surface area (Å²) in [5.74, 6) is -0.422. The summed E-state index contributed by atoms with van der Waals surface area (Å²) in [7, 11) is 0. The van der Waals surface area contributed by atoms with Crippen LogP contribution in [0.25, 0.3) is 0 Å². The minimum absolute atomic E-state index is 0.201. The van der Waals surface area contributed by atoms with Gasteiger partial charge in [0.15, 0.2) is 0 Å². The first-order valence-corrected chi connectivity index (χ1v) is 5.56. The lowest BCUT2D eigenvalue weighted by atomic mass is 10.1. The van der Waals surface area contributed by atoms with Crippen LogP contribution in [0.15, 0.2) is 18.2 Å². The van der Waals surface area contributed by atoms with Crippen LogP contribution in [0.4, 0.5) is 4.39 Å². The number of hydrogen-bond donors (Lipinski definition) is 1. The second kappa shape index (κ2) is 5.83. The van der Waals surface area contributed by atoms with E-state index in [1.807, 2.05) is 13.8 Å². The molecule has 0 aliphatic rings. The predicted octanol–water partition coefficient (Wildman–Crippen LogP) is 3.43. The Kier molecular flexibility index (Phi) is 4.72. The number of hydrogen-bond acceptors (Lipinski definition) is 2. The highest BCUT2D eigenvalue weighted by molar-refractivity contribution is 6.30. The highest BCUT2D eigenvalue weighted by Crippen LogP contribution is 2.20. The lowest BCUT2D eigenvalue weighted by Gasteiger charge is -2.17. The average Bonchev–Trinajstić information content (AvgIpc) is 2.24. The van der Waals surface area contributed by atoms with E-state index in [1.54, 1.807) is 6.07 Å². The van der Waals surface area contributed by atoms with Crippen LogP contribution in [0.3, 0.4) is 0 Å². The highest BCUT2D eigenvalue weighted by Gasteiger charge is 2.14. The molecular formula is C12H14ClFN2. The Labute approximate surface area is 100 Å². The van der Waals surface area contributed by atoms with Crippen molar-refractivity contribution < 1.29 is 4.39 Å². The third kappa shape index (κ3) is 3.48. The van der Waals surface area contributed by atoms with Gasteiger partial charge in [0, 0.05) is 11.1 Å². The van der Waals surface area contributed by atoms with Gasteiger partial charge >= 0.3 is 0 Å². The maximum atomic E-state index is 13.1. The smallest absolute Gasteiger partial charge is 0.125 e. The second-order valence-electron chi connectivity index (χ2n) is 3.74. The molecule has 0 aromatic heterocycles. The summed E-state index contributed by atoms with van der Waals surface area (Å²) in [5, 5.41) is 12.4. The minimum atomic E-state index is -0.525. The topological polar surface area (TPSA) is 35.8 Å². The van der Waals surface area contributed by atoms with Gasteiger partial charge in [-0.3, -0.25) is 5.32 Å². The molecule has 1 N–H and O–H groups in total. The molecule has 0 saturated heterocycles. The van der Waals surface area contributed by atoms with Gasteiger partial charge in [0.1, 0.15) is 11.9 Å². The molecule has 0 saturated carbocycles. The largest absolute Gasteiger partial charge is 0.296 e. The zero-order chi connectivity index (χ0) is 12.1. The van der Waals surface area contributed by atoms with Crippen LogP contribution >= 0.6 is 11.6 Å². The molecule has 1 aromatic rings. The summed E-state index contributed by atoms with van der Waals surface area (Å²) in [4.78, 5) is 0. The molecule has 2 nitrogen and oxygen atoms in total. The van der Waals surface area contributed by atoms with Gasteiger partial charge in [-0.2, -0.15) is 5.26 Å². The number of halogens is 2. The molecule has 0 radical (unpaired) electrons. The quantitative estimate of drug-likeness (QED) is 0.875. The minimum Gasteiger partial charge on any atom is -0.296 e. The summed E-state index contributed by atoms with van der Waals surface area (Å²) in [5.41, 5.74) is 0.563. The molecule has 0 fully saturated rings. The van der Waals surface area contributed by atoms with Gasteiger partial charge in [0.05, 0.1) is 6.07 Å². The molecule has 0 amide bonds. The van der Waals surface area contributed by atoms with Gasteiger partial charge in [0.25, 0.3) is 0 Å². The molecular weight excluding hydrogens is 227 g/mol. The van der Waals surface area contributed by atoms with E-state index in [1.165, 1.54) is 12.1 Å². The summed E-state index contributed by atoms with van der Waals surface area (Å²) < 4.78 is 13.1. The van der Waals surface area contributed by atoms with Gasteiger partial charge in [0.2, 0.25) is 0 Å². The van der Waals surface area contributed by atoms with Crippen molar-refractivity contribution in [2.75, 3.05) is 0 Å². The molecule has 4 heteroatoms. The molecule has 0 heterocycles. The molecule has 0 spiro atoms. The second-order valence-corrected chi connectivity index (χ2v) is 4.18. The van der Waals surface area contributed by atoms with E-state index < -0.39 is 11.9 Å². The summed E-state index contributed by atoms with van der Waals surface area (Å²) in [6, 6.07) is 5.94. The monoisotopic (exact) mass is 240 g/mol. The standard InChI is InChI=1S/C12H14ClFN2/c1-3-8(2)16-12(7-15)9-4-10(13)6-11(14)5-9/h4-6,8,12,16H,3H2,1-2H3. The lowest BCUT2D eigenvalue weighted by Crippen LogP contribution is -2.29. The van der Waals surface area contributed by atoms with Crippen molar-refractivity contribution in [3.63, 3.8) is 0 Å². The van der Waals surface area contributed by atoms with Gasteiger partial charge < -0.3 is 0 Å². The van der Waals surface area contributed by atoms with E-state index in [0.717, 1.165) is 6.42 Å². The van der Waals surface area contributed by atoms with Gasteiger partial charge in [-0.05, 0) is 37.1 Å². The van der Waals surface area contributed by atoms with Crippen molar-refractivity contribution in [1.82, 2.24) is 5.32 Å². The van der Waals surface area contributed by atoms with Crippen LogP contribution in [0, 0.1) is 17.1 Å². The van der Waals surface area contributed by atoms with Crippen LogP contribution in [0.2, 0.25) is 5.02 Å². The third-order valence-corrected chi connectivity index (χ3v) is 2.63. The molecule has 1 rings (SSSR count). The number of nitriles is 1. The predicted molar refractivity (Wildman–Crippen MR) is 62.7 cm³/mol. The van der Waals surface area contributed by atoms with Crippen LogP contribution in [-0.4, -0.2) is 6.04 Å². The molecule has 2 atom stereocenters.